The van der Waals surface area contributed by atoms with E-state index in [-0.39, 0.29) is 18.9 Å². The van der Waals surface area contributed by atoms with Crippen molar-refractivity contribution in [1.82, 2.24) is 5.32 Å². The Morgan fingerprint density at radius 1 is 0.368 bits per heavy atom. The van der Waals surface area contributed by atoms with Crippen LogP contribution >= 0.6 is 0 Å². The highest BCUT2D eigenvalue weighted by Crippen LogP contribution is 2.33. The number of aliphatic hydroxyl groups excluding tert-OH is 11. The lowest BCUT2D eigenvalue weighted by atomic mass is 9.96. The highest BCUT2D eigenvalue weighted by atomic mass is 16.8. The lowest BCUT2D eigenvalue weighted by Gasteiger charge is -2.48. The van der Waals surface area contributed by atoms with Crippen LogP contribution in [-0.2, 0) is 33.2 Å². The third-order valence-electron chi connectivity index (χ3n) is 19.1. The van der Waals surface area contributed by atoms with E-state index >= 15 is 0 Å². The Morgan fingerprint density at radius 3 is 1.05 bits per heavy atom. The predicted octanol–water partition coefficient (Wildman–Crippen LogP) is 11.7. The van der Waals surface area contributed by atoms with Crippen LogP contribution in [0.3, 0.4) is 0 Å². The Kier molecular flexibility index (Phi) is 52.5. The summed E-state index contributed by atoms with van der Waals surface area (Å²) in [4.78, 5) is 13.4. The fourth-order valence-electron chi connectivity index (χ4n) is 12.9. The van der Waals surface area contributed by atoms with E-state index in [1.54, 1.807) is 6.08 Å². The largest absolute Gasteiger partial charge is 0.394 e. The standard InChI is InChI=1S/C76H139NO18/c1-3-5-7-9-11-13-15-17-19-21-23-24-25-26-27-28-29-30-31-32-33-34-35-36-37-39-41-43-45-47-49-51-53-60(81)59(77-64(82)54-52-50-48-46-44-42-40-38-22-20-18-16-14-12-10-8-6-4-2)58-90-74-70(88)67(85)72(62(56-79)92-74)95-76-71(89)68(86)73(63(57-80)93-76)94-75-69(87)66(84)65(83)61(55-78)91-75/h20,22,36-37,43,45,51,53,59-63,65-76,78-81,83-89H,3-19,21,23-35,38-42,44,46-50,52,54-58H2,1-2H3,(H,77,82)/b22-20-,37-36+,45-43+,53-51+. The molecule has 3 fully saturated rings. The van der Waals surface area contributed by atoms with Gasteiger partial charge in [0.25, 0.3) is 0 Å². The Balaban J connectivity index is 1.40. The average molecular weight is 1350 g/mol. The molecule has 12 N–H and O–H groups in total. The maximum atomic E-state index is 13.4. The van der Waals surface area contributed by atoms with Crippen LogP contribution in [0.5, 0.6) is 0 Å². The van der Waals surface area contributed by atoms with Gasteiger partial charge in [-0.05, 0) is 70.6 Å². The summed E-state index contributed by atoms with van der Waals surface area (Å²) in [7, 11) is 0. The van der Waals surface area contributed by atoms with Crippen LogP contribution in [-0.4, -0.2) is 193 Å². The summed E-state index contributed by atoms with van der Waals surface area (Å²) in [5, 5.41) is 121. The number of ether oxygens (including phenoxy) is 6. The van der Waals surface area contributed by atoms with Gasteiger partial charge >= 0.3 is 0 Å². The van der Waals surface area contributed by atoms with E-state index in [9.17, 15) is 61.0 Å². The van der Waals surface area contributed by atoms with Crippen molar-refractivity contribution in [2.75, 3.05) is 26.4 Å². The molecule has 0 aromatic rings. The van der Waals surface area contributed by atoms with E-state index in [4.69, 9.17) is 28.4 Å². The van der Waals surface area contributed by atoms with Gasteiger partial charge in [0, 0.05) is 6.42 Å². The zero-order valence-electron chi connectivity index (χ0n) is 59.2. The lowest BCUT2D eigenvalue weighted by Crippen LogP contribution is -2.66. The van der Waals surface area contributed by atoms with Crippen molar-refractivity contribution >= 4 is 5.91 Å². The third kappa shape index (κ3) is 38.4. The van der Waals surface area contributed by atoms with Gasteiger partial charge in [-0.2, -0.15) is 0 Å². The molecule has 3 aliphatic rings. The number of carbonyl (C=O) groups excluding carboxylic acids is 1. The summed E-state index contributed by atoms with van der Waals surface area (Å²) in [6.45, 7) is 1.73. The Labute approximate surface area is 573 Å². The number of nitrogens with one attached hydrogen (secondary N) is 1. The summed E-state index contributed by atoms with van der Waals surface area (Å²) in [5.41, 5.74) is 0. The fraction of sp³-hybridized carbons (Fsp3) is 0.882. The zero-order valence-corrected chi connectivity index (χ0v) is 59.2. The molecule has 0 radical (unpaired) electrons. The zero-order chi connectivity index (χ0) is 68.9. The number of unbranched alkanes of at least 4 members (excludes halogenated alkanes) is 38. The molecule has 17 atom stereocenters. The Morgan fingerprint density at radius 2 is 0.674 bits per heavy atom. The molecule has 3 rings (SSSR count). The number of allylic oxidation sites excluding steroid dienone is 7. The van der Waals surface area contributed by atoms with Gasteiger partial charge in [-0.3, -0.25) is 4.79 Å². The molecule has 0 aliphatic carbocycles. The quantitative estimate of drug-likeness (QED) is 0.0199. The smallest absolute Gasteiger partial charge is 0.220 e. The van der Waals surface area contributed by atoms with E-state index in [0.29, 0.717) is 12.8 Å². The minimum absolute atomic E-state index is 0.227. The summed E-state index contributed by atoms with van der Waals surface area (Å²) in [5.74, 6) is -0.292. The van der Waals surface area contributed by atoms with Gasteiger partial charge in [0.05, 0.1) is 38.6 Å². The number of hydrogen-bond donors (Lipinski definition) is 12. The first-order valence-electron chi connectivity index (χ1n) is 38.4. The second kappa shape index (κ2) is 57.4. The summed E-state index contributed by atoms with van der Waals surface area (Å²) in [6.07, 6.45) is 44.0. The van der Waals surface area contributed by atoms with Crippen molar-refractivity contribution in [3.63, 3.8) is 0 Å². The fourth-order valence-corrected chi connectivity index (χ4v) is 12.9. The maximum Gasteiger partial charge on any atom is 0.220 e. The van der Waals surface area contributed by atoms with Crippen LogP contribution in [0.25, 0.3) is 0 Å². The van der Waals surface area contributed by atoms with Crippen LogP contribution in [0, 0.1) is 0 Å². The molecule has 19 nitrogen and oxygen atoms in total. The molecule has 0 bridgehead atoms. The highest BCUT2D eigenvalue weighted by molar-refractivity contribution is 5.76. The van der Waals surface area contributed by atoms with E-state index in [0.717, 1.165) is 57.8 Å². The second-order valence-corrected chi connectivity index (χ2v) is 27.4. The molecule has 3 heterocycles. The van der Waals surface area contributed by atoms with Crippen LogP contribution < -0.4 is 5.32 Å². The number of rotatable bonds is 60. The van der Waals surface area contributed by atoms with Crippen LogP contribution in [0.15, 0.2) is 48.6 Å². The molecule has 0 saturated carbocycles. The van der Waals surface area contributed by atoms with E-state index in [2.05, 4.69) is 55.6 Å². The molecule has 0 aromatic heterocycles. The minimum atomic E-state index is -1.98. The van der Waals surface area contributed by atoms with Crippen molar-refractivity contribution in [2.24, 2.45) is 0 Å². The van der Waals surface area contributed by atoms with Crippen molar-refractivity contribution in [2.45, 2.75) is 401 Å². The van der Waals surface area contributed by atoms with Gasteiger partial charge in [0.1, 0.15) is 73.2 Å². The van der Waals surface area contributed by atoms with Crippen LogP contribution in [0.1, 0.15) is 296 Å². The van der Waals surface area contributed by atoms with Crippen LogP contribution in [0.2, 0.25) is 0 Å². The SMILES string of the molecule is CCCCCCCCC/C=C\CCCCCCCCCC(=O)NC(COC1OC(CO)C(OC2OC(CO)C(OC3OC(CO)C(O)C(O)C3O)C(O)C2O)C(O)C1O)C(O)/C=C/CC/C=C/CC/C=C/CCCCCCCCCCCCCCCCCCCCCCCC. The molecule has 3 saturated heterocycles. The lowest BCUT2D eigenvalue weighted by molar-refractivity contribution is -0.379. The van der Waals surface area contributed by atoms with Crippen molar-refractivity contribution in [3.05, 3.63) is 48.6 Å². The van der Waals surface area contributed by atoms with Gasteiger partial charge in [0.2, 0.25) is 5.91 Å². The molecular formula is C76H139NO18. The summed E-state index contributed by atoms with van der Waals surface area (Å²) >= 11 is 0. The predicted molar refractivity (Wildman–Crippen MR) is 374 cm³/mol. The topological polar surface area (TPSA) is 307 Å². The second-order valence-electron chi connectivity index (χ2n) is 27.4. The van der Waals surface area contributed by atoms with Crippen molar-refractivity contribution < 1.29 is 89.4 Å². The first-order chi connectivity index (χ1) is 46.3. The molecule has 3 aliphatic heterocycles. The van der Waals surface area contributed by atoms with Gasteiger partial charge in [-0.25, -0.2) is 0 Å². The van der Waals surface area contributed by atoms with E-state index in [1.807, 2.05) is 6.08 Å². The summed E-state index contributed by atoms with van der Waals surface area (Å²) < 4.78 is 34.4. The van der Waals surface area contributed by atoms with Gasteiger partial charge in [0.15, 0.2) is 18.9 Å². The maximum absolute atomic E-state index is 13.4. The highest BCUT2D eigenvalue weighted by Gasteiger charge is 2.53. The first kappa shape index (κ1) is 87.0. The van der Waals surface area contributed by atoms with Crippen molar-refractivity contribution in [1.29, 1.82) is 0 Å². The van der Waals surface area contributed by atoms with Crippen LogP contribution in [0.4, 0.5) is 0 Å². The van der Waals surface area contributed by atoms with Gasteiger partial charge < -0.3 is 89.9 Å². The monoisotopic (exact) mass is 1350 g/mol. The molecule has 19 heteroatoms. The number of hydrogen-bond acceptors (Lipinski definition) is 18. The molecular weight excluding hydrogens is 1210 g/mol. The first-order valence-corrected chi connectivity index (χ1v) is 38.4. The molecule has 0 spiro atoms. The van der Waals surface area contributed by atoms with E-state index in [1.165, 1.54) is 205 Å². The number of amides is 1. The third-order valence-corrected chi connectivity index (χ3v) is 19.1. The Bertz CT molecular complexity index is 1910. The van der Waals surface area contributed by atoms with Gasteiger partial charge in [-0.15, -0.1) is 0 Å². The molecule has 556 valence electrons. The molecule has 17 unspecified atom stereocenters. The van der Waals surface area contributed by atoms with E-state index < -0.39 is 124 Å². The molecule has 0 aromatic carbocycles. The number of carbonyl (C=O) groups is 1. The number of aliphatic hydroxyl groups is 11. The normalized spacial score (nSPS) is 27.4. The average Bonchev–Trinajstić information content (AvgIpc) is 0.787. The molecule has 95 heavy (non-hydrogen) atoms. The minimum Gasteiger partial charge on any atom is -0.394 e. The summed E-state index contributed by atoms with van der Waals surface area (Å²) in [6, 6.07) is -1.00. The molecule has 1 amide bonds. The Hall–Kier alpha value is -2.25. The van der Waals surface area contributed by atoms with Gasteiger partial charge in [-0.1, -0.05) is 268 Å². The van der Waals surface area contributed by atoms with Crippen molar-refractivity contribution in [3.8, 4) is 0 Å².